The van der Waals surface area contributed by atoms with Gasteiger partial charge in [0.2, 0.25) is 0 Å². The van der Waals surface area contributed by atoms with Gasteiger partial charge in [0.25, 0.3) is 5.91 Å². The van der Waals surface area contributed by atoms with Crippen LogP contribution in [0.3, 0.4) is 0 Å². The average molecular weight is 231 g/mol. The van der Waals surface area contributed by atoms with Crippen LogP contribution < -0.4 is 5.73 Å². The van der Waals surface area contributed by atoms with Gasteiger partial charge in [-0.3, -0.25) is 4.79 Å². The Kier molecular flexibility index (Phi) is 2.79. The van der Waals surface area contributed by atoms with Crippen LogP contribution in [0.2, 0.25) is 0 Å². The van der Waals surface area contributed by atoms with Crippen LogP contribution in [0, 0.1) is 0 Å². The highest BCUT2D eigenvalue weighted by Gasteiger charge is 2.17. The lowest BCUT2D eigenvalue weighted by molar-refractivity contribution is 0.0757. The van der Waals surface area contributed by atoms with Gasteiger partial charge < -0.3 is 15.6 Å². The summed E-state index contributed by atoms with van der Waals surface area (Å²) in [6.07, 6.45) is 1.74. The molecule has 3 N–H and O–H groups in total. The van der Waals surface area contributed by atoms with Gasteiger partial charge in [-0.15, -0.1) is 0 Å². The van der Waals surface area contributed by atoms with E-state index in [-0.39, 0.29) is 11.9 Å². The van der Waals surface area contributed by atoms with Crippen LogP contribution in [0.5, 0.6) is 0 Å². The summed E-state index contributed by atoms with van der Waals surface area (Å²) in [7, 11) is 1.81. The summed E-state index contributed by atoms with van der Waals surface area (Å²) in [4.78, 5) is 17.0. The number of nitrogens with one attached hydrogen (secondary N) is 1. The van der Waals surface area contributed by atoms with Crippen LogP contribution in [-0.4, -0.2) is 28.9 Å². The third-order valence-electron chi connectivity index (χ3n) is 3.03. The summed E-state index contributed by atoms with van der Waals surface area (Å²) < 4.78 is 0. The lowest BCUT2D eigenvalue weighted by atomic mass is 10.1. The monoisotopic (exact) mass is 231 g/mol. The molecule has 1 aromatic heterocycles. The van der Waals surface area contributed by atoms with E-state index in [0.29, 0.717) is 11.3 Å². The standard InChI is InChI=1S/C13H17N3O/c1-8(2)16(3)13(17)11-7-15-12-6-9(14)4-5-10(11)12/h4-8,15H,14H2,1-3H3. The van der Waals surface area contributed by atoms with Crippen molar-refractivity contribution < 1.29 is 4.79 Å². The van der Waals surface area contributed by atoms with Gasteiger partial charge >= 0.3 is 0 Å². The molecule has 0 aliphatic heterocycles. The van der Waals surface area contributed by atoms with Crippen molar-refractivity contribution in [1.29, 1.82) is 0 Å². The first kappa shape index (κ1) is 11.5. The molecule has 0 fully saturated rings. The minimum Gasteiger partial charge on any atom is -0.399 e. The van der Waals surface area contributed by atoms with Crippen LogP contribution in [0.1, 0.15) is 24.2 Å². The van der Waals surface area contributed by atoms with E-state index in [1.165, 1.54) is 0 Å². The summed E-state index contributed by atoms with van der Waals surface area (Å²) in [5.41, 5.74) is 7.98. The van der Waals surface area contributed by atoms with Gasteiger partial charge in [0.05, 0.1) is 5.56 Å². The van der Waals surface area contributed by atoms with Gasteiger partial charge in [-0.1, -0.05) is 0 Å². The fourth-order valence-corrected chi connectivity index (χ4v) is 1.75. The van der Waals surface area contributed by atoms with E-state index in [9.17, 15) is 4.79 Å². The Morgan fingerprint density at radius 2 is 2.12 bits per heavy atom. The molecule has 0 aliphatic carbocycles. The molecule has 90 valence electrons. The highest BCUT2D eigenvalue weighted by atomic mass is 16.2. The summed E-state index contributed by atoms with van der Waals surface area (Å²) in [6.45, 7) is 3.98. The molecular weight excluding hydrogens is 214 g/mol. The molecule has 4 nitrogen and oxygen atoms in total. The molecule has 1 amide bonds. The number of nitrogen functional groups attached to an aromatic ring is 1. The normalized spacial score (nSPS) is 11.1. The Labute approximate surface area is 100 Å². The molecule has 0 bridgehead atoms. The number of hydrogen-bond acceptors (Lipinski definition) is 2. The number of carbonyl (C=O) groups is 1. The Bertz CT molecular complexity index is 557. The zero-order valence-corrected chi connectivity index (χ0v) is 10.3. The number of nitrogens with two attached hydrogens (primary N) is 1. The zero-order chi connectivity index (χ0) is 12.6. The molecule has 0 unspecified atom stereocenters. The van der Waals surface area contributed by atoms with Crippen molar-refractivity contribution in [2.75, 3.05) is 12.8 Å². The smallest absolute Gasteiger partial charge is 0.255 e. The minimum atomic E-state index is 0.0241. The van der Waals surface area contributed by atoms with Crippen LogP contribution in [0.4, 0.5) is 5.69 Å². The average Bonchev–Trinajstić information content (AvgIpc) is 2.69. The van der Waals surface area contributed by atoms with Crippen molar-refractivity contribution in [3.05, 3.63) is 30.0 Å². The van der Waals surface area contributed by atoms with Crippen molar-refractivity contribution in [3.63, 3.8) is 0 Å². The van der Waals surface area contributed by atoms with E-state index in [1.54, 1.807) is 11.1 Å². The number of aromatic nitrogens is 1. The number of fused-ring (bicyclic) bond motifs is 1. The van der Waals surface area contributed by atoms with Crippen LogP contribution in [-0.2, 0) is 0 Å². The van der Waals surface area contributed by atoms with Gasteiger partial charge in [-0.2, -0.15) is 0 Å². The molecular formula is C13H17N3O. The molecule has 2 rings (SSSR count). The SMILES string of the molecule is CC(C)N(C)C(=O)c1c[nH]c2cc(N)ccc12. The Balaban J connectivity index is 2.46. The predicted molar refractivity (Wildman–Crippen MR) is 69.9 cm³/mol. The van der Waals surface area contributed by atoms with E-state index >= 15 is 0 Å². The summed E-state index contributed by atoms with van der Waals surface area (Å²) in [6, 6.07) is 5.70. The van der Waals surface area contributed by atoms with Crippen molar-refractivity contribution >= 4 is 22.5 Å². The number of anilines is 1. The van der Waals surface area contributed by atoms with E-state index in [0.717, 1.165) is 10.9 Å². The van der Waals surface area contributed by atoms with Gasteiger partial charge in [0, 0.05) is 35.9 Å². The van der Waals surface area contributed by atoms with Crippen LogP contribution >= 0.6 is 0 Å². The maximum Gasteiger partial charge on any atom is 0.255 e. The molecule has 0 radical (unpaired) electrons. The highest BCUT2D eigenvalue weighted by Crippen LogP contribution is 2.22. The Morgan fingerprint density at radius 1 is 1.41 bits per heavy atom. The molecule has 1 heterocycles. The van der Waals surface area contributed by atoms with Crippen LogP contribution in [0.15, 0.2) is 24.4 Å². The number of amides is 1. The van der Waals surface area contributed by atoms with E-state index in [2.05, 4.69) is 4.98 Å². The van der Waals surface area contributed by atoms with Crippen molar-refractivity contribution in [2.24, 2.45) is 0 Å². The maximum absolute atomic E-state index is 12.2. The second-order valence-corrected chi connectivity index (χ2v) is 4.52. The highest BCUT2D eigenvalue weighted by molar-refractivity contribution is 6.07. The van der Waals surface area contributed by atoms with Crippen molar-refractivity contribution in [3.8, 4) is 0 Å². The third-order valence-corrected chi connectivity index (χ3v) is 3.03. The number of H-pyrrole nitrogens is 1. The molecule has 1 aromatic carbocycles. The molecule has 17 heavy (non-hydrogen) atoms. The molecule has 0 saturated carbocycles. The first-order chi connectivity index (χ1) is 8.00. The molecule has 0 spiro atoms. The summed E-state index contributed by atoms with van der Waals surface area (Å²) >= 11 is 0. The van der Waals surface area contributed by atoms with Crippen LogP contribution in [0.25, 0.3) is 10.9 Å². The molecule has 4 heteroatoms. The second-order valence-electron chi connectivity index (χ2n) is 4.52. The fraction of sp³-hybridized carbons (Fsp3) is 0.308. The topological polar surface area (TPSA) is 62.1 Å². The zero-order valence-electron chi connectivity index (χ0n) is 10.3. The predicted octanol–water partition coefficient (Wildman–Crippen LogP) is 2.23. The molecule has 0 atom stereocenters. The lowest BCUT2D eigenvalue weighted by Gasteiger charge is -2.20. The Morgan fingerprint density at radius 3 is 2.76 bits per heavy atom. The quantitative estimate of drug-likeness (QED) is 0.778. The number of carbonyl (C=O) groups excluding carboxylic acids is 1. The largest absolute Gasteiger partial charge is 0.399 e. The van der Waals surface area contributed by atoms with Gasteiger partial charge in [0.15, 0.2) is 0 Å². The third kappa shape index (κ3) is 1.98. The summed E-state index contributed by atoms with van der Waals surface area (Å²) in [5, 5.41) is 0.914. The molecule has 0 saturated heterocycles. The first-order valence-electron chi connectivity index (χ1n) is 5.64. The minimum absolute atomic E-state index is 0.0241. The lowest BCUT2D eigenvalue weighted by Crippen LogP contribution is -2.32. The number of aromatic amines is 1. The van der Waals surface area contributed by atoms with Gasteiger partial charge in [0.1, 0.15) is 0 Å². The molecule has 2 aromatic rings. The van der Waals surface area contributed by atoms with Crippen molar-refractivity contribution in [2.45, 2.75) is 19.9 Å². The van der Waals surface area contributed by atoms with Gasteiger partial charge in [-0.05, 0) is 32.0 Å². The van der Waals surface area contributed by atoms with E-state index in [1.807, 2.05) is 39.1 Å². The number of nitrogens with zero attached hydrogens (tertiary/aromatic N) is 1. The number of benzene rings is 1. The van der Waals surface area contributed by atoms with E-state index in [4.69, 9.17) is 5.73 Å². The summed E-state index contributed by atoms with van der Waals surface area (Å²) in [5.74, 6) is 0.0241. The maximum atomic E-state index is 12.2. The number of rotatable bonds is 2. The Hall–Kier alpha value is -1.97. The molecule has 0 aliphatic rings. The fourth-order valence-electron chi connectivity index (χ4n) is 1.75. The second kappa shape index (κ2) is 4.13. The number of hydrogen-bond donors (Lipinski definition) is 2. The van der Waals surface area contributed by atoms with E-state index < -0.39 is 0 Å². The van der Waals surface area contributed by atoms with Gasteiger partial charge in [-0.25, -0.2) is 0 Å². The first-order valence-corrected chi connectivity index (χ1v) is 5.64. The van der Waals surface area contributed by atoms with Crippen molar-refractivity contribution in [1.82, 2.24) is 9.88 Å².